The van der Waals surface area contributed by atoms with E-state index in [0.717, 1.165) is 34.0 Å². The van der Waals surface area contributed by atoms with Gasteiger partial charge >= 0.3 is 0 Å². The van der Waals surface area contributed by atoms with Gasteiger partial charge in [-0.15, -0.1) is 0 Å². The molecule has 1 aliphatic rings. The van der Waals surface area contributed by atoms with Crippen LogP contribution in [0.1, 0.15) is 28.3 Å². The van der Waals surface area contributed by atoms with Crippen molar-refractivity contribution < 1.29 is 4.79 Å². The average Bonchev–Trinajstić information content (AvgIpc) is 3.25. The first-order valence-electron chi connectivity index (χ1n) is 9.26. The van der Waals surface area contributed by atoms with Crippen LogP contribution in [0.2, 0.25) is 10.0 Å². The van der Waals surface area contributed by atoms with E-state index in [0.29, 0.717) is 19.3 Å². The van der Waals surface area contributed by atoms with Crippen LogP contribution in [-0.2, 0) is 4.79 Å². The number of hydrogen-bond acceptors (Lipinski definition) is 3. The fourth-order valence-corrected chi connectivity index (χ4v) is 5.23. The minimum absolute atomic E-state index is 0.119. The Balaban J connectivity index is 1.73. The van der Waals surface area contributed by atoms with Crippen molar-refractivity contribution in [3.05, 3.63) is 79.7 Å². The molecule has 1 amide bonds. The number of carbonyl (C=O) groups excluding carboxylic acids is 1. The second-order valence-electron chi connectivity index (χ2n) is 7.18. The van der Waals surface area contributed by atoms with Crippen molar-refractivity contribution in [2.45, 2.75) is 27.7 Å². The molecule has 0 atom stereocenters. The molecule has 3 aromatic rings. The largest absolute Gasteiger partial charge is 0.318 e. The molecule has 3 heterocycles. The van der Waals surface area contributed by atoms with Crippen LogP contribution >= 0.6 is 47.2 Å². The zero-order valence-corrected chi connectivity index (χ0v) is 20.0. The SMILES string of the molecule is Cc1cc(/C=C2/SC(=S)N(n3c(C)ccc3C)C2=O)c(C)n1-c1ccc(Cl)c(Cl)c1. The van der Waals surface area contributed by atoms with Crippen LogP contribution in [0, 0.1) is 27.7 Å². The van der Waals surface area contributed by atoms with Gasteiger partial charge in [0.2, 0.25) is 0 Å². The first-order chi connectivity index (χ1) is 14.2. The maximum Gasteiger partial charge on any atom is 0.285 e. The molecule has 4 rings (SSSR count). The summed E-state index contributed by atoms with van der Waals surface area (Å²) in [4.78, 5) is 13.8. The third-order valence-corrected chi connectivity index (χ3v) is 7.15. The summed E-state index contributed by atoms with van der Waals surface area (Å²) >= 11 is 19.1. The van der Waals surface area contributed by atoms with Crippen LogP contribution in [-0.4, -0.2) is 19.5 Å². The summed E-state index contributed by atoms with van der Waals surface area (Å²) < 4.78 is 4.47. The second kappa shape index (κ2) is 7.93. The Hall–Kier alpha value is -1.99. The molecule has 1 aromatic carbocycles. The van der Waals surface area contributed by atoms with Crippen LogP contribution in [0.3, 0.4) is 0 Å². The van der Waals surface area contributed by atoms with Crippen LogP contribution in [0.5, 0.6) is 0 Å². The van der Waals surface area contributed by atoms with Gasteiger partial charge in [0, 0.05) is 28.5 Å². The Morgan fingerprint density at radius 1 is 0.933 bits per heavy atom. The summed E-state index contributed by atoms with van der Waals surface area (Å²) in [6.45, 7) is 7.95. The van der Waals surface area contributed by atoms with E-state index in [1.165, 1.54) is 11.8 Å². The molecule has 0 aliphatic carbocycles. The van der Waals surface area contributed by atoms with Crippen molar-refractivity contribution in [2.75, 3.05) is 5.01 Å². The van der Waals surface area contributed by atoms with Gasteiger partial charge in [-0.25, -0.2) is 0 Å². The number of amides is 1. The number of thiocarbonyl (C=S) groups is 1. The smallest absolute Gasteiger partial charge is 0.285 e. The molecule has 0 saturated carbocycles. The van der Waals surface area contributed by atoms with E-state index in [9.17, 15) is 4.79 Å². The first-order valence-corrected chi connectivity index (χ1v) is 11.2. The molecule has 0 unspecified atom stereocenters. The van der Waals surface area contributed by atoms with Crippen LogP contribution in [0.25, 0.3) is 11.8 Å². The van der Waals surface area contributed by atoms with Gasteiger partial charge in [-0.2, -0.15) is 5.01 Å². The van der Waals surface area contributed by atoms with Gasteiger partial charge in [0.15, 0.2) is 4.32 Å². The van der Waals surface area contributed by atoms with Crippen LogP contribution in [0.4, 0.5) is 0 Å². The number of nitrogens with zero attached hydrogens (tertiary/aromatic N) is 3. The highest BCUT2D eigenvalue weighted by Crippen LogP contribution is 2.34. The third kappa shape index (κ3) is 3.52. The van der Waals surface area contributed by atoms with Gasteiger partial charge in [-0.05, 0) is 88.0 Å². The average molecular weight is 476 g/mol. The van der Waals surface area contributed by atoms with Crippen molar-refractivity contribution >= 4 is 63.5 Å². The molecule has 0 spiro atoms. The van der Waals surface area contributed by atoms with E-state index in [1.807, 2.05) is 62.7 Å². The molecule has 8 heteroatoms. The minimum Gasteiger partial charge on any atom is -0.318 e. The Kier molecular flexibility index (Phi) is 5.62. The van der Waals surface area contributed by atoms with Gasteiger partial charge in [0.05, 0.1) is 15.0 Å². The van der Waals surface area contributed by atoms with E-state index in [-0.39, 0.29) is 5.91 Å². The Morgan fingerprint density at radius 3 is 2.23 bits per heavy atom. The number of hydrogen-bond donors (Lipinski definition) is 0. The maximum absolute atomic E-state index is 13.2. The molecule has 1 aliphatic heterocycles. The molecule has 2 aromatic heterocycles. The predicted molar refractivity (Wildman–Crippen MR) is 131 cm³/mol. The minimum atomic E-state index is -0.119. The van der Waals surface area contributed by atoms with E-state index >= 15 is 0 Å². The number of aryl methyl sites for hydroxylation is 3. The predicted octanol–water partition coefficient (Wildman–Crippen LogP) is 6.36. The number of benzene rings is 1. The van der Waals surface area contributed by atoms with Gasteiger partial charge in [-0.3, -0.25) is 9.47 Å². The number of halogens is 2. The Labute approximate surface area is 195 Å². The molecule has 154 valence electrons. The monoisotopic (exact) mass is 475 g/mol. The lowest BCUT2D eigenvalue weighted by atomic mass is 10.2. The van der Waals surface area contributed by atoms with Gasteiger partial charge in [0.25, 0.3) is 5.91 Å². The molecule has 4 nitrogen and oxygen atoms in total. The quantitative estimate of drug-likeness (QED) is 0.326. The standard InChI is InChI=1S/C22H19Cl2N3OS2/c1-12-5-6-13(2)26(12)27-21(28)20(30-22(27)29)10-16-9-14(3)25(15(16)4)17-7-8-18(23)19(24)11-17/h5-11H,1-4H3/b20-10+. The van der Waals surface area contributed by atoms with Crippen molar-refractivity contribution in [1.82, 2.24) is 9.24 Å². The van der Waals surface area contributed by atoms with E-state index in [1.54, 1.807) is 11.1 Å². The summed E-state index contributed by atoms with van der Waals surface area (Å²) in [6, 6.07) is 11.5. The second-order valence-corrected chi connectivity index (χ2v) is 9.67. The lowest BCUT2D eigenvalue weighted by molar-refractivity contribution is -0.114. The van der Waals surface area contributed by atoms with Gasteiger partial charge < -0.3 is 4.57 Å². The summed E-state index contributed by atoms with van der Waals surface area (Å²) in [7, 11) is 0. The number of rotatable bonds is 3. The van der Waals surface area contributed by atoms with Crippen LogP contribution in [0.15, 0.2) is 41.3 Å². The number of aromatic nitrogens is 2. The number of thioether (sulfide) groups is 1. The first kappa shape index (κ1) is 21.2. The van der Waals surface area contributed by atoms with Gasteiger partial charge in [0.1, 0.15) is 0 Å². The molecule has 0 N–H and O–H groups in total. The molecular weight excluding hydrogens is 457 g/mol. The Morgan fingerprint density at radius 2 is 1.60 bits per heavy atom. The normalized spacial score (nSPS) is 15.7. The van der Waals surface area contributed by atoms with Crippen molar-refractivity contribution in [3.63, 3.8) is 0 Å². The van der Waals surface area contributed by atoms with Crippen molar-refractivity contribution in [2.24, 2.45) is 0 Å². The van der Waals surface area contributed by atoms with Gasteiger partial charge in [-0.1, -0.05) is 35.0 Å². The van der Waals surface area contributed by atoms with Crippen molar-refractivity contribution in [3.8, 4) is 5.69 Å². The highest BCUT2D eigenvalue weighted by atomic mass is 35.5. The number of carbonyl (C=O) groups is 1. The Bertz CT molecular complexity index is 1220. The lowest BCUT2D eigenvalue weighted by Gasteiger charge is -2.20. The summed E-state index contributed by atoms with van der Waals surface area (Å²) in [5.41, 5.74) is 5.84. The zero-order chi connectivity index (χ0) is 21.7. The molecule has 1 fully saturated rings. The fraction of sp³-hybridized carbons (Fsp3) is 0.182. The molecule has 0 bridgehead atoms. The third-order valence-electron chi connectivity index (χ3n) is 5.13. The topological polar surface area (TPSA) is 30.2 Å². The summed E-state index contributed by atoms with van der Waals surface area (Å²) in [5.74, 6) is -0.119. The highest BCUT2D eigenvalue weighted by Gasteiger charge is 2.35. The molecule has 0 radical (unpaired) electrons. The molecular formula is C22H19Cl2N3OS2. The summed E-state index contributed by atoms with van der Waals surface area (Å²) in [6.07, 6.45) is 1.91. The van der Waals surface area contributed by atoms with E-state index < -0.39 is 0 Å². The van der Waals surface area contributed by atoms with Crippen LogP contribution < -0.4 is 5.01 Å². The molecule has 30 heavy (non-hydrogen) atoms. The highest BCUT2D eigenvalue weighted by molar-refractivity contribution is 8.27. The fourth-order valence-electron chi connectivity index (χ4n) is 3.70. The zero-order valence-electron chi connectivity index (χ0n) is 16.9. The van der Waals surface area contributed by atoms with Crippen molar-refractivity contribution in [1.29, 1.82) is 0 Å². The van der Waals surface area contributed by atoms with E-state index in [4.69, 9.17) is 35.4 Å². The summed E-state index contributed by atoms with van der Waals surface area (Å²) in [5, 5.41) is 2.58. The maximum atomic E-state index is 13.2. The molecule has 1 saturated heterocycles. The lowest BCUT2D eigenvalue weighted by Crippen LogP contribution is -2.39. The van der Waals surface area contributed by atoms with E-state index in [2.05, 4.69) is 10.6 Å².